The molecule has 61 heavy (non-hydrogen) atoms. The van der Waals surface area contributed by atoms with E-state index in [4.69, 9.17) is 46.4 Å². The molecule has 6 rings (SSSR count). The van der Waals surface area contributed by atoms with Crippen molar-refractivity contribution in [2.45, 2.75) is 41.4 Å². The molecule has 0 saturated carbocycles. The van der Waals surface area contributed by atoms with Gasteiger partial charge in [-0.3, -0.25) is 9.59 Å². The van der Waals surface area contributed by atoms with E-state index in [2.05, 4.69) is 0 Å². The molecule has 1 atom stereocenters. The smallest absolute Gasteiger partial charge is 0.340 e. The van der Waals surface area contributed by atoms with Crippen LogP contribution in [0.15, 0.2) is 94.7 Å². The lowest BCUT2D eigenvalue weighted by atomic mass is 9.98. The summed E-state index contributed by atoms with van der Waals surface area (Å²) in [6.45, 7) is 2.63. The maximum Gasteiger partial charge on any atom is 0.416 e. The molecule has 0 radical (unpaired) electrons. The highest BCUT2D eigenvalue weighted by Gasteiger charge is 2.35. The van der Waals surface area contributed by atoms with Crippen molar-refractivity contribution in [1.82, 2.24) is 18.4 Å². The highest BCUT2D eigenvalue weighted by atomic mass is 35.5. The second-order valence-electron chi connectivity index (χ2n) is 13.9. The summed E-state index contributed by atoms with van der Waals surface area (Å²) >= 11 is 23.6. The number of hydrogen-bond acceptors (Lipinski definition) is 6. The Morgan fingerprint density at radius 1 is 0.557 bits per heavy atom. The number of nitrogens with zero attached hydrogens (tertiary/aromatic N) is 4. The van der Waals surface area contributed by atoms with Crippen LogP contribution in [0.1, 0.15) is 35.1 Å². The second-order valence-corrected chi connectivity index (χ2v) is 19.6. The van der Waals surface area contributed by atoms with Crippen molar-refractivity contribution in [2.24, 2.45) is 0 Å². The predicted molar refractivity (Wildman–Crippen MR) is 219 cm³/mol. The van der Waals surface area contributed by atoms with E-state index >= 15 is 0 Å². The third-order valence-electron chi connectivity index (χ3n) is 9.83. The molecule has 4 aromatic rings. The number of halogens is 10. The van der Waals surface area contributed by atoms with Crippen molar-refractivity contribution in [3.05, 3.63) is 127 Å². The minimum absolute atomic E-state index is 0.0236. The Bertz CT molecular complexity index is 2410. The largest absolute Gasteiger partial charge is 0.416 e. The van der Waals surface area contributed by atoms with Crippen LogP contribution in [0.3, 0.4) is 0 Å². The first-order chi connectivity index (χ1) is 28.4. The zero-order valence-corrected chi connectivity index (χ0v) is 36.5. The van der Waals surface area contributed by atoms with Gasteiger partial charge in [-0.2, -0.15) is 35.0 Å². The summed E-state index contributed by atoms with van der Waals surface area (Å²) in [5, 5.41) is 0.799. The lowest BCUT2D eigenvalue weighted by Gasteiger charge is -2.35. The fourth-order valence-corrected chi connectivity index (χ4v) is 10.8. The second kappa shape index (κ2) is 19.4. The van der Waals surface area contributed by atoms with Gasteiger partial charge in [-0.15, -0.1) is 0 Å². The predicted octanol–water partition coefficient (Wildman–Crippen LogP) is 8.74. The van der Waals surface area contributed by atoms with E-state index in [9.17, 15) is 52.8 Å². The Morgan fingerprint density at radius 2 is 0.902 bits per heavy atom. The van der Waals surface area contributed by atoms with Gasteiger partial charge in [-0.25, -0.2) is 16.8 Å². The molecule has 1 unspecified atom stereocenters. The van der Waals surface area contributed by atoms with Crippen molar-refractivity contribution in [2.75, 3.05) is 52.4 Å². The SMILES string of the molecule is CC(C(=O)N1CCN(S(=O)(=O)c2cc(Cl)cc(Cl)c2)CC1)c1ccc(C(F)(F)F)cc1.O=C(Cc1ccc(C(F)(F)F)cc1)N1CCN(S(=O)(=O)c2cc(Cl)cc(Cl)c2)CC1. The van der Waals surface area contributed by atoms with Gasteiger partial charge in [0, 0.05) is 72.4 Å². The molecule has 2 amide bonds. The van der Waals surface area contributed by atoms with Crippen LogP contribution in [0.25, 0.3) is 0 Å². The Morgan fingerprint density at radius 3 is 1.26 bits per heavy atom. The van der Waals surface area contributed by atoms with Crippen molar-refractivity contribution in [3.63, 3.8) is 0 Å². The first kappa shape index (κ1) is 48.4. The van der Waals surface area contributed by atoms with Gasteiger partial charge < -0.3 is 9.80 Å². The van der Waals surface area contributed by atoms with Crippen LogP contribution in [0, 0.1) is 0 Å². The van der Waals surface area contributed by atoms with Gasteiger partial charge in [0.2, 0.25) is 31.9 Å². The standard InChI is InChI=1S/C20H19Cl2F3N2O3S.C19H17Cl2F3N2O3S/c1-13(14-2-4-15(5-3-14)20(23,24)25)19(28)26-6-8-27(9-7-26)31(29,30)18-11-16(21)10-17(22)12-18;20-15-10-16(21)12-17(11-15)30(28,29)26-7-5-25(6-8-26)18(27)9-13-1-3-14(4-2-13)19(22,23)24/h2-5,10-13H,6-9H2,1H3;1-4,10-12H,5-9H2. The Balaban J connectivity index is 0.000000231. The van der Waals surface area contributed by atoms with E-state index < -0.39 is 49.4 Å². The molecule has 0 aromatic heterocycles. The number of alkyl halides is 6. The summed E-state index contributed by atoms with van der Waals surface area (Å²) in [6.07, 6.45) is -8.94. The number of hydrogen-bond donors (Lipinski definition) is 0. The number of rotatable bonds is 8. The van der Waals surface area contributed by atoms with E-state index in [1.54, 1.807) is 6.92 Å². The van der Waals surface area contributed by atoms with Crippen LogP contribution in [-0.2, 0) is 48.4 Å². The summed E-state index contributed by atoms with van der Waals surface area (Å²) in [6, 6.07) is 17.0. The number of benzene rings is 4. The van der Waals surface area contributed by atoms with Gasteiger partial charge in [-0.1, -0.05) is 70.7 Å². The van der Waals surface area contributed by atoms with E-state index in [-0.39, 0.29) is 100 Å². The monoisotopic (exact) mass is 974 g/mol. The first-order valence-electron chi connectivity index (χ1n) is 18.2. The average Bonchev–Trinajstić information content (AvgIpc) is 3.19. The van der Waals surface area contributed by atoms with Crippen molar-refractivity contribution >= 4 is 78.3 Å². The Kier molecular flexibility index (Phi) is 15.4. The number of piperazine rings is 2. The van der Waals surface area contributed by atoms with E-state index in [0.717, 1.165) is 24.3 Å². The molecule has 2 aliphatic rings. The molecule has 2 fully saturated rings. The summed E-state index contributed by atoms with van der Waals surface area (Å²) < 4.78 is 130. The van der Waals surface area contributed by atoms with Crippen LogP contribution < -0.4 is 0 Å². The summed E-state index contributed by atoms with van der Waals surface area (Å²) in [5.41, 5.74) is -0.646. The summed E-state index contributed by atoms with van der Waals surface area (Å²) in [4.78, 5) is 28.2. The summed E-state index contributed by atoms with van der Waals surface area (Å²) in [7, 11) is -7.64. The van der Waals surface area contributed by atoms with Crippen LogP contribution in [0.5, 0.6) is 0 Å². The highest BCUT2D eigenvalue weighted by molar-refractivity contribution is 7.89. The fourth-order valence-electron chi connectivity index (χ4n) is 6.45. The molecule has 330 valence electrons. The minimum Gasteiger partial charge on any atom is -0.340 e. The molecular weight excluding hydrogens is 940 g/mol. The highest BCUT2D eigenvalue weighted by Crippen LogP contribution is 2.32. The molecule has 0 aliphatic carbocycles. The van der Waals surface area contributed by atoms with Crippen molar-refractivity contribution in [3.8, 4) is 0 Å². The molecule has 4 aromatic carbocycles. The molecule has 0 spiro atoms. The van der Waals surface area contributed by atoms with Gasteiger partial charge >= 0.3 is 12.4 Å². The number of carbonyl (C=O) groups is 2. The van der Waals surface area contributed by atoms with Gasteiger partial charge in [-0.05, 0) is 78.7 Å². The maximum absolute atomic E-state index is 12.8. The molecule has 2 saturated heterocycles. The molecule has 22 heteroatoms. The topological polar surface area (TPSA) is 115 Å². The normalized spacial score (nSPS) is 16.4. The molecule has 0 N–H and O–H groups in total. The van der Waals surface area contributed by atoms with Crippen LogP contribution in [0.2, 0.25) is 20.1 Å². The average molecular weight is 977 g/mol. The van der Waals surface area contributed by atoms with Gasteiger partial charge in [0.25, 0.3) is 0 Å². The van der Waals surface area contributed by atoms with Crippen molar-refractivity contribution < 1.29 is 52.8 Å². The van der Waals surface area contributed by atoms with Gasteiger partial charge in [0.15, 0.2) is 0 Å². The number of sulfonamides is 2. The first-order valence-corrected chi connectivity index (χ1v) is 22.6. The Hall–Kier alpha value is -3.62. The quantitative estimate of drug-likeness (QED) is 0.163. The van der Waals surface area contributed by atoms with E-state index in [1.807, 2.05) is 0 Å². The molecule has 2 heterocycles. The van der Waals surface area contributed by atoms with Crippen LogP contribution in [0.4, 0.5) is 26.3 Å². The van der Waals surface area contributed by atoms with Crippen molar-refractivity contribution in [1.29, 1.82) is 0 Å². The summed E-state index contributed by atoms with van der Waals surface area (Å²) in [5.74, 6) is -1.21. The molecular formula is C39H36Cl4F6N4O6S2. The maximum atomic E-state index is 12.8. The van der Waals surface area contributed by atoms with E-state index in [0.29, 0.717) is 11.1 Å². The third-order valence-corrected chi connectivity index (χ3v) is 14.5. The van der Waals surface area contributed by atoms with Crippen LogP contribution >= 0.6 is 46.4 Å². The fraction of sp³-hybridized carbons (Fsp3) is 0.333. The Labute approximate surface area is 368 Å². The van der Waals surface area contributed by atoms with Gasteiger partial charge in [0.05, 0.1) is 33.3 Å². The van der Waals surface area contributed by atoms with E-state index in [1.165, 1.54) is 79.1 Å². The number of carbonyl (C=O) groups excluding carboxylic acids is 2. The molecule has 10 nitrogen and oxygen atoms in total. The molecule has 2 aliphatic heterocycles. The third kappa shape index (κ3) is 12.3. The minimum atomic E-state index is -4.44. The lowest BCUT2D eigenvalue weighted by Crippen LogP contribution is -2.51. The zero-order chi connectivity index (χ0) is 45.1. The van der Waals surface area contributed by atoms with Gasteiger partial charge in [0.1, 0.15) is 0 Å². The molecule has 0 bridgehead atoms. The zero-order valence-electron chi connectivity index (χ0n) is 31.9. The van der Waals surface area contributed by atoms with Crippen LogP contribution in [-0.4, -0.2) is 99.4 Å². The lowest BCUT2D eigenvalue weighted by molar-refractivity contribution is -0.138. The number of amides is 2.